The highest BCUT2D eigenvalue weighted by Gasteiger charge is 2.34. The van der Waals surface area contributed by atoms with E-state index in [2.05, 4.69) is 0 Å². The summed E-state index contributed by atoms with van der Waals surface area (Å²) in [4.78, 5) is 24.0. The fourth-order valence-electron chi connectivity index (χ4n) is 3.28. The van der Waals surface area contributed by atoms with Crippen LogP contribution in [0.4, 0.5) is 13.2 Å². The molecule has 1 heterocycles. The molecular formula is C26H26F3NO5. The zero-order valence-electron chi connectivity index (χ0n) is 20.8. The first-order chi connectivity index (χ1) is 17.5. The fraction of sp³-hybridized carbons (Fsp3) is 0.308. The maximum absolute atomic E-state index is 13.5. The van der Waals surface area contributed by atoms with E-state index >= 15 is 0 Å². The number of para-hydroxylation sites is 1. The maximum atomic E-state index is 13.5. The summed E-state index contributed by atoms with van der Waals surface area (Å²) >= 11 is 0. The van der Waals surface area contributed by atoms with E-state index < -0.39 is 31.1 Å². The summed E-state index contributed by atoms with van der Waals surface area (Å²) in [6.45, 7) is -4.58. The molecule has 0 aliphatic heterocycles. The number of rotatable bonds is 12. The number of hydrogen-bond donors (Lipinski definition) is 1. The van der Waals surface area contributed by atoms with E-state index in [0.717, 1.165) is 0 Å². The molecule has 9 heteroatoms. The first-order valence-corrected chi connectivity index (χ1v) is 11.0. The number of unbranched alkanes of at least 4 members (excludes halogenated alkanes) is 2. The van der Waals surface area contributed by atoms with E-state index in [1.165, 1.54) is 48.7 Å². The number of carboxylic acid groups (broad SMARTS) is 1. The molecule has 35 heavy (non-hydrogen) atoms. The molecule has 2 aromatic carbocycles. The van der Waals surface area contributed by atoms with E-state index in [4.69, 9.17) is 17.0 Å². The van der Waals surface area contributed by atoms with Crippen LogP contribution in [0.5, 0.6) is 5.75 Å². The Hall–Kier alpha value is -3.75. The second-order valence-corrected chi connectivity index (χ2v) is 7.72. The minimum absolute atomic E-state index is 0.00104. The Labute approximate surface area is 203 Å². The zero-order chi connectivity index (χ0) is 27.1. The molecule has 3 rings (SSSR count). The van der Waals surface area contributed by atoms with Crippen LogP contribution in [0, 0.1) is 0 Å². The van der Waals surface area contributed by atoms with Crippen molar-refractivity contribution in [3.63, 3.8) is 0 Å². The topological polar surface area (TPSA) is 80.0 Å². The minimum atomic E-state index is -4.86. The van der Waals surface area contributed by atoms with Gasteiger partial charge in [0, 0.05) is 29.6 Å². The molecule has 186 valence electrons. The molecule has 0 atom stereocenters. The Bertz CT molecular complexity index is 1180. The molecule has 6 nitrogen and oxygen atoms in total. The van der Waals surface area contributed by atoms with E-state index in [1.54, 1.807) is 18.2 Å². The largest absolute Gasteiger partial charge is 0.493 e. The molecule has 1 N–H and O–H groups in total. The van der Waals surface area contributed by atoms with E-state index in [-0.39, 0.29) is 34.8 Å². The van der Waals surface area contributed by atoms with Gasteiger partial charge in [0.2, 0.25) is 0 Å². The highest BCUT2D eigenvalue weighted by atomic mass is 19.4. The number of carbonyl (C=O) groups excluding carboxylic acids is 1. The van der Waals surface area contributed by atoms with Crippen molar-refractivity contribution in [1.29, 1.82) is 0 Å². The lowest BCUT2D eigenvalue weighted by Crippen LogP contribution is -2.38. The SMILES string of the molecule is [2H]C([2H])(c1ccccc1OCCCCCC(=O)O)N(CC(F)(F)F)C(=O)c1ccc(-c2ccco2)cc1. The summed E-state index contributed by atoms with van der Waals surface area (Å²) in [5.74, 6) is -1.55. The molecule has 3 aromatic rings. The van der Waals surface area contributed by atoms with Gasteiger partial charge in [0.15, 0.2) is 0 Å². The van der Waals surface area contributed by atoms with Crippen LogP contribution in [0.2, 0.25) is 0 Å². The van der Waals surface area contributed by atoms with Gasteiger partial charge < -0.3 is 19.2 Å². The third-order valence-electron chi connectivity index (χ3n) is 4.96. The molecule has 0 aliphatic carbocycles. The lowest BCUT2D eigenvalue weighted by atomic mass is 10.1. The van der Waals surface area contributed by atoms with Gasteiger partial charge in [-0.05, 0) is 49.6 Å². The Morgan fingerprint density at radius 1 is 1.00 bits per heavy atom. The molecular weight excluding hydrogens is 463 g/mol. The lowest BCUT2D eigenvalue weighted by molar-refractivity contribution is -0.141. The van der Waals surface area contributed by atoms with Crippen molar-refractivity contribution < 1.29 is 39.8 Å². The number of ether oxygens (including phenoxy) is 1. The van der Waals surface area contributed by atoms with Gasteiger partial charge in [-0.3, -0.25) is 9.59 Å². The second-order valence-electron chi connectivity index (χ2n) is 7.72. The number of furan rings is 1. The number of carbonyl (C=O) groups is 2. The van der Waals surface area contributed by atoms with Gasteiger partial charge in [0.25, 0.3) is 5.91 Å². The van der Waals surface area contributed by atoms with Crippen LogP contribution in [0.15, 0.2) is 71.3 Å². The summed E-state index contributed by atoms with van der Waals surface area (Å²) in [6.07, 6.45) is -1.93. The normalized spacial score (nSPS) is 12.5. The van der Waals surface area contributed by atoms with Gasteiger partial charge >= 0.3 is 12.1 Å². The maximum Gasteiger partial charge on any atom is 0.406 e. The van der Waals surface area contributed by atoms with Gasteiger partial charge in [-0.2, -0.15) is 13.2 Å². The van der Waals surface area contributed by atoms with Crippen molar-refractivity contribution in [2.75, 3.05) is 13.2 Å². The van der Waals surface area contributed by atoms with E-state index in [1.807, 2.05) is 0 Å². The van der Waals surface area contributed by atoms with Crippen molar-refractivity contribution in [2.45, 2.75) is 38.4 Å². The van der Waals surface area contributed by atoms with Crippen LogP contribution in [0.1, 0.15) is 44.3 Å². The molecule has 1 amide bonds. The molecule has 0 saturated carbocycles. The molecule has 0 fully saturated rings. The Morgan fingerprint density at radius 2 is 1.74 bits per heavy atom. The second kappa shape index (κ2) is 12.1. The monoisotopic (exact) mass is 491 g/mol. The Morgan fingerprint density at radius 3 is 2.40 bits per heavy atom. The molecule has 0 radical (unpaired) electrons. The van der Waals surface area contributed by atoms with Crippen molar-refractivity contribution in [3.05, 3.63) is 78.1 Å². The number of hydrogen-bond acceptors (Lipinski definition) is 4. The fourth-order valence-corrected chi connectivity index (χ4v) is 3.28. The van der Waals surface area contributed by atoms with Crippen molar-refractivity contribution in [2.24, 2.45) is 0 Å². The average molecular weight is 492 g/mol. The van der Waals surface area contributed by atoms with Crippen LogP contribution in [-0.2, 0) is 11.3 Å². The molecule has 0 saturated heterocycles. The van der Waals surface area contributed by atoms with Crippen LogP contribution in [0.25, 0.3) is 11.3 Å². The predicted molar refractivity (Wildman–Crippen MR) is 123 cm³/mol. The predicted octanol–water partition coefficient (Wildman–Crippen LogP) is 6.18. The third-order valence-corrected chi connectivity index (χ3v) is 4.96. The first kappa shape index (κ1) is 23.0. The molecule has 0 spiro atoms. The van der Waals surface area contributed by atoms with Gasteiger partial charge in [-0.1, -0.05) is 30.3 Å². The number of alkyl halides is 3. The zero-order valence-corrected chi connectivity index (χ0v) is 18.8. The van der Waals surface area contributed by atoms with E-state index in [9.17, 15) is 22.8 Å². The highest BCUT2D eigenvalue weighted by molar-refractivity contribution is 5.94. The molecule has 0 aliphatic rings. The third kappa shape index (κ3) is 8.20. The summed E-state index contributed by atoms with van der Waals surface area (Å²) in [5, 5.41) is 8.70. The Balaban J connectivity index is 1.83. The number of benzene rings is 2. The van der Waals surface area contributed by atoms with Gasteiger partial charge in [-0.15, -0.1) is 0 Å². The van der Waals surface area contributed by atoms with Gasteiger partial charge in [0.05, 0.1) is 15.6 Å². The molecule has 0 bridgehead atoms. The van der Waals surface area contributed by atoms with Crippen LogP contribution >= 0.6 is 0 Å². The van der Waals surface area contributed by atoms with E-state index in [0.29, 0.717) is 30.6 Å². The lowest BCUT2D eigenvalue weighted by Gasteiger charge is -2.25. The number of carboxylic acids is 1. The van der Waals surface area contributed by atoms with Crippen molar-refractivity contribution >= 4 is 11.9 Å². The summed E-state index contributed by atoms with van der Waals surface area (Å²) in [6, 6.07) is 14.7. The number of amides is 1. The van der Waals surface area contributed by atoms with Crippen molar-refractivity contribution in [3.8, 4) is 17.1 Å². The number of halogens is 3. The standard InChI is InChI=1S/C26H26F3NO5/c27-26(28,29)18-30(25(33)20-13-11-19(12-14-20)22-9-6-16-35-22)17-21-7-3-4-8-23(21)34-15-5-1-2-10-24(31)32/h3-4,6-9,11-14,16H,1-2,5,10,15,17-18H2,(H,31,32)/i17D2. The summed E-state index contributed by atoms with van der Waals surface area (Å²) in [7, 11) is 0. The van der Waals surface area contributed by atoms with Gasteiger partial charge in [0.1, 0.15) is 18.1 Å². The van der Waals surface area contributed by atoms with Crippen LogP contribution < -0.4 is 4.74 Å². The summed E-state index contributed by atoms with van der Waals surface area (Å²) in [5.41, 5.74) is 0.250. The first-order valence-electron chi connectivity index (χ1n) is 12.0. The van der Waals surface area contributed by atoms with Crippen LogP contribution in [-0.4, -0.2) is 41.2 Å². The average Bonchev–Trinajstić information content (AvgIpc) is 3.39. The summed E-state index contributed by atoms with van der Waals surface area (Å²) < 4.78 is 68.6. The minimum Gasteiger partial charge on any atom is -0.493 e. The molecule has 1 aromatic heterocycles. The van der Waals surface area contributed by atoms with Crippen molar-refractivity contribution in [1.82, 2.24) is 4.90 Å². The highest BCUT2D eigenvalue weighted by Crippen LogP contribution is 2.26. The quantitative estimate of drug-likeness (QED) is 0.306. The van der Waals surface area contributed by atoms with Crippen LogP contribution in [0.3, 0.4) is 0 Å². The molecule has 0 unspecified atom stereocenters. The Kier molecular flexibility index (Phi) is 7.96. The number of nitrogens with zero attached hydrogens (tertiary/aromatic N) is 1. The number of aliphatic carboxylic acids is 1. The van der Waals surface area contributed by atoms with Gasteiger partial charge in [-0.25, -0.2) is 0 Å². The smallest absolute Gasteiger partial charge is 0.406 e.